The first-order valence-electron chi connectivity index (χ1n) is 13.1. The third kappa shape index (κ3) is 3.76. The van der Waals surface area contributed by atoms with Gasteiger partial charge in [-0.1, -0.05) is 11.8 Å². The van der Waals surface area contributed by atoms with E-state index in [4.69, 9.17) is 4.74 Å². The number of amides is 1. The van der Waals surface area contributed by atoms with E-state index in [1.165, 1.54) is 37.1 Å². The molecule has 4 saturated carbocycles. The second-order valence-electron chi connectivity index (χ2n) is 11.4. The van der Waals surface area contributed by atoms with Crippen LogP contribution in [-0.2, 0) is 14.9 Å². The van der Waals surface area contributed by atoms with Crippen LogP contribution in [0.25, 0.3) is 11.1 Å². The first kappa shape index (κ1) is 22.7. The number of pyridine rings is 1. The van der Waals surface area contributed by atoms with Gasteiger partial charge < -0.3 is 14.7 Å². The molecule has 8 rings (SSSR count). The smallest absolute Gasteiger partial charge is 0.266 e. The molecular weight excluding hydrogens is 477 g/mol. The van der Waals surface area contributed by atoms with Crippen LogP contribution < -0.4 is 0 Å². The first-order valence-corrected chi connectivity index (χ1v) is 14.0. The van der Waals surface area contributed by atoms with Crippen molar-refractivity contribution in [3.63, 3.8) is 0 Å². The van der Waals surface area contributed by atoms with E-state index in [0.717, 1.165) is 54.2 Å². The molecule has 0 spiro atoms. The van der Waals surface area contributed by atoms with Gasteiger partial charge in [0.05, 0.1) is 13.2 Å². The van der Waals surface area contributed by atoms with E-state index in [1.807, 2.05) is 12.1 Å². The number of ether oxygens (including phenoxy) is 1. The van der Waals surface area contributed by atoms with Gasteiger partial charge in [-0.05, 0) is 91.0 Å². The number of aliphatic imine (C=N–C) groups is 1. The van der Waals surface area contributed by atoms with Gasteiger partial charge in [-0.25, -0.2) is 4.39 Å². The molecular formula is C28H30FN3O3S. The van der Waals surface area contributed by atoms with Crippen molar-refractivity contribution in [3.8, 4) is 16.9 Å². The number of carbonyl (C=O) groups is 1. The zero-order valence-electron chi connectivity index (χ0n) is 20.2. The Morgan fingerprint density at radius 2 is 1.69 bits per heavy atom. The van der Waals surface area contributed by atoms with Crippen LogP contribution in [0, 0.1) is 23.6 Å². The Hall–Kier alpha value is -2.45. The highest BCUT2D eigenvalue weighted by Gasteiger charge is 2.52. The molecule has 1 N–H and O–H groups in total. The third-order valence-corrected chi connectivity index (χ3v) is 10.3. The zero-order valence-corrected chi connectivity index (χ0v) is 21.0. The molecule has 1 amide bonds. The van der Waals surface area contributed by atoms with Crippen molar-refractivity contribution >= 4 is 22.8 Å². The first-order chi connectivity index (χ1) is 17.5. The summed E-state index contributed by atoms with van der Waals surface area (Å²) in [5.74, 6) is 1.13. The van der Waals surface area contributed by atoms with E-state index in [-0.39, 0.29) is 17.1 Å². The van der Waals surface area contributed by atoms with Crippen molar-refractivity contribution in [2.75, 3.05) is 26.3 Å². The van der Waals surface area contributed by atoms with Crippen molar-refractivity contribution in [1.29, 1.82) is 0 Å². The summed E-state index contributed by atoms with van der Waals surface area (Å²) < 4.78 is 20.6. The lowest BCUT2D eigenvalue weighted by atomic mass is 9.48. The van der Waals surface area contributed by atoms with Gasteiger partial charge in [-0.2, -0.15) is 4.99 Å². The van der Waals surface area contributed by atoms with Gasteiger partial charge in [0.2, 0.25) is 0 Å². The van der Waals surface area contributed by atoms with Gasteiger partial charge >= 0.3 is 0 Å². The van der Waals surface area contributed by atoms with Crippen LogP contribution in [0.15, 0.2) is 35.6 Å². The second-order valence-corrected chi connectivity index (χ2v) is 12.5. The van der Waals surface area contributed by atoms with Crippen molar-refractivity contribution in [1.82, 2.24) is 9.88 Å². The van der Waals surface area contributed by atoms with Gasteiger partial charge in [0.25, 0.3) is 5.91 Å². The van der Waals surface area contributed by atoms with Gasteiger partial charge in [0.15, 0.2) is 16.7 Å². The van der Waals surface area contributed by atoms with Crippen molar-refractivity contribution in [2.45, 2.75) is 49.2 Å². The topological polar surface area (TPSA) is 75.0 Å². The number of phenolic OH excluding ortho intramolecular Hbond substituents is 1. The number of phenols is 1. The van der Waals surface area contributed by atoms with Crippen LogP contribution in [0.2, 0.25) is 0 Å². The number of aromatic nitrogens is 1. The Morgan fingerprint density at radius 1 is 1.00 bits per heavy atom. The van der Waals surface area contributed by atoms with E-state index < -0.39 is 11.1 Å². The molecule has 4 bridgehead atoms. The third-order valence-electron chi connectivity index (χ3n) is 9.00. The molecule has 6 aliphatic rings. The van der Waals surface area contributed by atoms with Gasteiger partial charge in [-0.15, -0.1) is 0 Å². The molecule has 1 aromatic heterocycles. The highest BCUT2D eigenvalue weighted by molar-refractivity contribution is 8.15. The fourth-order valence-corrected chi connectivity index (χ4v) is 8.92. The monoisotopic (exact) mass is 507 g/mol. The maximum Gasteiger partial charge on any atom is 0.266 e. The fourth-order valence-electron chi connectivity index (χ4n) is 7.82. The maximum absolute atomic E-state index is 15.2. The number of thioether (sulfide) groups is 1. The van der Waals surface area contributed by atoms with E-state index in [1.54, 1.807) is 12.4 Å². The Kier molecular flexibility index (Phi) is 5.40. The van der Waals surface area contributed by atoms with Gasteiger partial charge in [0, 0.05) is 36.6 Å². The standard InChI is InChI=1S/C28H30FN3O3S/c29-23-10-19(9-22(24(23)33)28-11-16-5-17(12-28)7-18(6-16)13-28)20-8-21(15-30-14-20)25-26(34)31-27(36-25)32-1-3-35-4-2-32/h8-10,14-18,25,33H,1-7,11-13H2. The molecule has 5 fully saturated rings. The van der Waals surface area contributed by atoms with Gasteiger partial charge in [0.1, 0.15) is 5.25 Å². The minimum Gasteiger partial charge on any atom is -0.505 e. The number of carbonyl (C=O) groups excluding carboxylic acids is 1. The molecule has 36 heavy (non-hydrogen) atoms. The summed E-state index contributed by atoms with van der Waals surface area (Å²) in [6.07, 6.45) is 10.4. The normalized spacial score (nSPS) is 33.3. The molecule has 1 unspecified atom stereocenters. The Balaban J connectivity index is 1.20. The minimum absolute atomic E-state index is 0.126. The number of hydrogen-bond donors (Lipinski definition) is 1. The number of rotatable bonds is 3. The quantitative estimate of drug-likeness (QED) is 0.626. The summed E-state index contributed by atoms with van der Waals surface area (Å²) in [6, 6.07) is 5.32. The average molecular weight is 508 g/mol. The largest absolute Gasteiger partial charge is 0.505 e. The van der Waals surface area contributed by atoms with E-state index in [9.17, 15) is 9.90 Å². The molecule has 2 aromatic rings. The Morgan fingerprint density at radius 3 is 2.39 bits per heavy atom. The molecule has 6 nitrogen and oxygen atoms in total. The molecule has 1 atom stereocenters. The number of benzene rings is 1. The summed E-state index contributed by atoms with van der Waals surface area (Å²) in [5, 5.41) is 11.2. The second kappa shape index (κ2) is 8.55. The van der Waals surface area contributed by atoms with Crippen molar-refractivity contribution < 1.29 is 19.0 Å². The van der Waals surface area contributed by atoms with Crippen LogP contribution in [0.3, 0.4) is 0 Å². The average Bonchev–Trinajstić information content (AvgIpc) is 3.27. The molecule has 1 aromatic carbocycles. The zero-order chi connectivity index (χ0) is 24.4. The Labute approximate surface area is 214 Å². The highest BCUT2D eigenvalue weighted by atomic mass is 32.2. The van der Waals surface area contributed by atoms with Crippen LogP contribution >= 0.6 is 11.8 Å². The van der Waals surface area contributed by atoms with Crippen LogP contribution in [0.4, 0.5) is 4.39 Å². The summed E-state index contributed by atoms with van der Waals surface area (Å²) in [6.45, 7) is 2.72. The predicted molar refractivity (Wildman–Crippen MR) is 136 cm³/mol. The highest BCUT2D eigenvalue weighted by Crippen LogP contribution is 2.62. The Bertz CT molecular complexity index is 1220. The summed E-state index contributed by atoms with van der Waals surface area (Å²) in [5.41, 5.74) is 2.87. The van der Waals surface area contributed by atoms with E-state index in [0.29, 0.717) is 36.5 Å². The lowest BCUT2D eigenvalue weighted by Gasteiger charge is -2.57. The molecule has 188 valence electrons. The molecule has 2 aliphatic heterocycles. The molecule has 8 heteroatoms. The summed E-state index contributed by atoms with van der Waals surface area (Å²) in [4.78, 5) is 23.6. The SMILES string of the molecule is O=C1N=C(N2CCOCC2)SC1c1cncc(-c2cc(F)c(O)c(C34CC5CC(CC(C5)C3)C4)c2)c1. The fraction of sp³-hybridized carbons (Fsp3) is 0.536. The molecule has 0 radical (unpaired) electrons. The number of morpholine rings is 1. The van der Waals surface area contributed by atoms with Crippen molar-refractivity contribution in [3.05, 3.63) is 47.5 Å². The van der Waals surface area contributed by atoms with E-state index >= 15 is 4.39 Å². The van der Waals surface area contributed by atoms with Crippen LogP contribution in [-0.4, -0.2) is 52.4 Å². The van der Waals surface area contributed by atoms with Crippen molar-refractivity contribution in [2.24, 2.45) is 22.7 Å². The molecule has 4 aliphatic carbocycles. The lowest BCUT2D eigenvalue weighted by molar-refractivity contribution is -0.117. The summed E-state index contributed by atoms with van der Waals surface area (Å²) >= 11 is 1.45. The van der Waals surface area contributed by atoms with Crippen LogP contribution in [0.5, 0.6) is 5.75 Å². The number of hydrogen-bond acceptors (Lipinski definition) is 6. The molecule has 1 saturated heterocycles. The van der Waals surface area contributed by atoms with Crippen LogP contribution in [0.1, 0.15) is 54.9 Å². The molecule has 3 heterocycles. The predicted octanol–water partition coefficient (Wildman–Crippen LogP) is 5.06. The maximum atomic E-state index is 15.2. The number of aromatic hydroxyl groups is 1. The summed E-state index contributed by atoms with van der Waals surface area (Å²) in [7, 11) is 0. The number of amidine groups is 1. The lowest BCUT2D eigenvalue weighted by Crippen LogP contribution is -2.48. The number of nitrogens with zero attached hydrogens (tertiary/aromatic N) is 3. The number of halogens is 1. The minimum atomic E-state index is -0.576. The van der Waals surface area contributed by atoms with Gasteiger partial charge in [-0.3, -0.25) is 9.78 Å². The van der Waals surface area contributed by atoms with E-state index in [2.05, 4.69) is 14.9 Å².